The van der Waals surface area contributed by atoms with Crippen molar-refractivity contribution in [2.45, 2.75) is 84.0 Å². The summed E-state index contributed by atoms with van der Waals surface area (Å²) in [4.78, 5) is 29.6. The van der Waals surface area contributed by atoms with E-state index in [0.717, 1.165) is 42.5 Å². The van der Waals surface area contributed by atoms with Crippen LogP contribution >= 0.6 is 7.92 Å². The Morgan fingerprint density at radius 3 is 2.58 bits per heavy atom. The standard InChI is InChI=1S/C29H38N3O3P/c1-5-15-36(4)23-13-11-21(12-14-23)18-32-27(33)25-17-26-24(16-20(2)35-26)31(25)19-29(32,3)28(34)30-22-9-7-6-8-10-22/h11-14,16-17,22H,5-10,15,18-19H2,1-4H3,(H,30,34). The van der Waals surface area contributed by atoms with Crippen molar-refractivity contribution in [3.63, 3.8) is 0 Å². The van der Waals surface area contributed by atoms with E-state index in [9.17, 15) is 9.59 Å². The first-order valence-corrected chi connectivity index (χ1v) is 15.3. The molecule has 7 heteroatoms. The fourth-order valence-electron chi connectivity index (χ4n) is 5.80. The molecule has 3 heterocycles. The Labute approximate surface area is 215 Å². The van der Waals surface area contributed by atoms with Gasteiger partial charge < -0.3 is 19.2 Å². The second-order valence-electron chi connectivity index (χ2n) is 10.8. The minimum absolute atomic E-state index is 0.0629. The van der Waals surface area contributed by atoms with Crippen molar-refractivity contribution in [1.82, 2.24) is 14.8 Å². The van der Waals surface area contributed by atoms with Crippen LogP contribution in [0, 0.1) is 6.92 Å². The molecule has 6 nitrogen and oxygen atoms in total. The molecule has 1 fully saturated rings. The highest BCUT2D eigenvalue weighted by atomic mass is 31.1. The van der Waals surface area contributed by atoms with Gasteiger partial charge in [-0.3, -0.25) is 9.59 Å². The lowest BCUT2D eigenvalue weighted by Gasteiger charge is -2.44. The third-order valence-corrected chi connectivity index (χ3v) is 10.2. The Balaban J connectivity index is 1.48. The molecule has 3 aromatic rings. The van der Waals surface area contributed by atoms with Crippen LogP contribution < -0.4 is 10.6 Å². The quantitative estimate of drug-likeness (QED) is 0.426. The molecular formula is C29H38N3O3P. The molecule has 2 atom stereocenters. The van der Waals surface area contributed by atoms with Gasteiger partial charge in [0.2, 0.25) is 5.91 Å². The zero-order chi connectivity index (χ0) is 25.4. The molecular weight excluding hydrogens is 469 g/mol. The van der Waals surface area contributed by atoms with Crippen LogP contribution in [0.25, 0.3) is 11.1 Å². The van der Waals surface area contributed by atoms with Crippen LogP contribution in [-0.2, 0) is 17.9 Å². The van der Waals surface area contributed by atoms with Crippen LogP contribution in [0.1, 0.15) is 74.2 Å². The average Bonchev–Trinajstić information content (AvgIpc) is 3.39. The maximum absolute atomic E-state index is 13.9. The predicted octanol–water partition coefficient (Wildman–Crippen LogP) is 5.55. The molecule has 2 amide bonds. The van der Waals surface area contributed by atoms with Crippen molar-refractivity contribution in [3.8, 4) is 0 Å². The Hall–Kier alpha value is -2.59. The fourth-order valence-corrected chi connectivity index (χ4v) is 7.39. The second kappa shape index (κ2) is 10.0. The van der Waals surface area contributed by atoms with Crippen LogP contribution in [-0.4, -0.2) is 45.7 Å². The number of nitrogens with zero attached hydrogens (tertiary/aromatic N) is 2. The normalized spacial score (nSPS) is 21.6. The Kier molecular flexibility index (Phi) is 7.00. The van der Waals surface area contributed by atoms with Crippen molar-refractivity contribution < 1.29 is 14.0 Å². The van der Waals surface area contributed by atoms with E-state index in [-0.39, 0.29) is 25.8 Å². The highest BCUT2D eigenvalue weighted by Gasteiger charge is 2.48. The second-order valence-corrected chi connectivity index (χ2v) is 13.1. The molecule has 0 bridgehead atoms. The lowest BCUT2D eigenvalue weighted by atomic mass is 9.91. The van der Waals surface area contributed by atoms with Gasteiger partial charge in [0.15, 0.2) is 5.58 Å². The summed E-state index contributed by atoms with van der Waals surface area (Å²) in [5.41, 5.74) is 2.20. The summed E-state index contributed by atoms with van der Waals surface area (Å²) in [5, 5.41) is 4.69. The van der Waals surface area contributed by atoms with E-state index in [1.807, 2.05) is 30.5 Å². The van der Waals surface area contributed by atoms with E-state index >= 15 is 0 Å². The first-order chi connectivity index (χ1) is 17.3. The minimum atomic E-state index is -1.00. The van der Waals surface area contributed by atoms with Crippen molar-refractivity contribution in [2.75, 3.05) is 12.8 Å². The number of aromatic nitrogens is 1. The SMILES string of the molecule is CCCP(C)c1ccc(CN2C(=O)c3cc4oc(C)cc4n3CC2(C)C(=O)NC2CCCCC2)cc1. The maximum Gasteiger partial charge on any atom is 0.271 e. The number of amides is 2. The number of aryl methyl sites for hydroxylation is 1. The third-order valence-electron chi connectivity index (χ3n) is 7.95. The molecule has 2 aliphatic rings. The van der Waals surface area contributed by atoms with Gasteiger partial charge in [-0.2, -0.15) is 0 Å². The number of fused-ring (bicyclic) bond motifs is 3. The monoisotopic (exact) mass is 507 g/mol. The maximum atomic E-state index is 13.9. The third kappa shape index (κ3) is 4.61. The van der Waals surface area contributed by atoms with Crippen molar-refractivity contribution in [2.24, 2.45) is 0 Å². The number of benzene rings is 1. The highest BCUT2D eigenvalue weighted by Crippen LogP contribution is 2.35. The summed E-state index contributed by atoms with van der Waals surface area (Å²) in [5.74, 6) is 0.615. The van der Waals surface area contributed by atoms with Gasteiger partial charge >= 0.3 is 0 Å². The van der Waals surface area contributed by atoms with E-state index in [2.05, 4.69) is 43.2 Å². The first-order valence-electron chi connectivity index (χ1n) is 13.3. The molecule has 0 saturated heterocycles. The van der Waals surface area contributed by atoms with Crippen molar-refractivity contribution >= 4 is 36.1 Å². The zero-order valence-corrected chi connectivity index (χ0v) is 22.9. The summed E-state index contributed by atoms with van der Waals surface area (Å²) in [6.45, 7) is 9.18. The Morgan fingerprint density at radius 1 is 1.17 bits per heavy atom. The zero-order valence-electron chi connectivity index (χ0n) is 22.0. The molecule has 0 spiro atoms. The van der Waals surface area contributed by atoms with Gasteiger partial charge in [-0.25, -0.2) is 0 Å². The van der Waals surface area contributed by atoms with E-state index in [0.29, 0.717) is 24.4 Å². The molecule has 1 saturated carbocycles. The van der Waals surface area contributed by atoms with Gasteiger partial charge in [-0.05, 0) is 50.4 Å². The number of furan rings is 1. The fraction of sp³-hybridized carbons (Fsp3) is 0.517. The lowest BCUT2D eigenvalue weighted by molar-refractivity contribution is -0.134. The summed E-state index contributed by atoms with van der Waals surface area (Å²) in [6, 6.07) is 12.6. The molecule has 2 aromatic heterocycles. The van der Waals surface area contributed by atoms with E-state index < -0.39 is 5.54 Å². The summed E-state index contributed by atoms with van der Waals surface area (Å²) in [6.07, 6.45) is 7.94. The van der Waals surface area contributed by atoms with Gasteiger partial charge in [0, 0.05) is 24.7 Å². The Morgan fingerprint density at radius 2 is 1.89 bits per heavy atom. The first kappa shape index (κ1) is 25.1. The van der Waals surface area contributed by atoms with Crippen LogP contribution in [0.2, 0.25) is 0 Å². The Bertz CT molecular complexity index is 1250. The molecule has 1 aromatic carbocycles. The van der Waals surface area contributed by atoms with Gasteiger partial charge in [0.05, 0.1) is 12.1 Å². The number of nitrogens with one attached hydrogen (secondary N) is 1. The summed E-state index contributed by atoms with van der Waals surface area (Å²) < 4.78 is 7.81. The number of hydrogen-bond donors (Lipinski definition) is 1. The molecule has 2 unspecified atom stereocenters. The van der Waals surface area contributed by atoms with E-state index in [4.69, 9.17) is 4.42 Å². The van der Waals surface area contributed by atoms with Gasteiger partial charge in [0.25, 0.3) is 5.91 Å². The van der Waals surface area contributed by atoms with Gasteiger partial charge in [-0.1, -0.05) is 64.8 Å². The van der Waals surface area contributed by atoms with E-state index in [1.54, 1.807) is 4.90 Å². The molecule has 5 rings (SSSR count). The average molecular weight is 508 g/mol. The molecule has 192 valence electrons. The number of carbonyl (C=O) groups excluding carboxylic acids is 2. The van der Waals surface area contributed by atoms with E-state index in [1.165, 1.54) is 24.3 Å². The summed E-state index contributed by atoms with van der Waals surface area (Å²) >= 11 is 0. The molecule has 36 heavy (non-hydrogen) atoms. The largest absolute Gasteiger partial charge is 0.460 e. The van der Waals surface area contributed by atoms with Crippen LogP contribution in [0.3, 0.4) is 0 Å². The smallest absolute Gasteiger partial charge is 0.271 e. The number of carbonyl (C=O) groups is 2. The molecule has 0 radical (unpaired) electrons. The number of rotatable bonds is 7. The van der Waals surface area contributed by atoms with Crippen LogP contribution in [0.4, 0.5) is 0 Å². The predicted molar refractivity (Wildman–Crippen MR) is 146 cm³/mol. The van der Waals surface area contributed by atoms with Crippen molar-refractivity contribution in [3.05, 3.63) is 53.4 Å². The topological polar surface area (TPSA) is 67.5 Å². The van der Waals surface area contributed by atoms with Gasteiger partial charge in [-0.15, -0.1) is 0 Å². The minimum Gasteiger partial charge on any atom is -0.460 e. The lowest BCUT2D eigenvalue weighted by Crippen LogP contribution is -2.64. The van der Waals surface area contributed by atoms with Crippen molar-refractivity contribution in [1.29, 1.82) is 0 Å². The number of hydrogen-bond acceptors (Lipinski definition) is 3. The highest BCUT2D eigenvalue weighted by molar-refractivity contribution is 7.64. The van der Waals surface area contributed by atoms with Crippen LogP contribution in [0.5, 0.6) is 0 Å². The molecule has 1 N–H and O–H groups in total. The summed E-state index contributed by atoms with van der Waals surface area (Å²) in [7, 11) is -0.158. The van der Waals surface area contributed by atoms with Gasteiger partial charge in [0.1, 0.15) is 17.0 Å². The van der Waals surface area contributed by atoms with Crippen LogP contribution in [0.15, 0.2) is 40.8 Å². The molecule has 1 aliphatic heterocycles. The molecule has 1 aliphatic carbocycles.